The highest BCUT2D eigenvalue weighted by molar-refractivity contribution is 8.00. The van der Waals surface area contributed by atoms with E-state index in [1.54, 1.807) is 12.2 Å². The fraction of sp³-hybridized carbons (Fsp3) is 0.400. The van der Waals surface area contributed by atoms with Gasteiger partial charge in [-0.05, 0) is 26.0 Å². The van der Waals surface area contributed by atoms with Gasteiger partial charge in [0.1, 0.15) is 11.8 Å². The van der Waals surface area contributed by atoms with Gasteiger partial charge >= 0.3 is 18.2 Å². The van der Waals surface area contributed by atoms with Crippen molar-refractivity contribution in [3.63, 3.8) is 0 Å². The number of carbonyl (C=O) groups excluding carboxylic acids is 3. The number of rotatable bonds is 6. The van der Waals surface area contributed by atoms with E-state index in [0.717, 1.165) is 10.5 Å². The average molecular weight is 378 g/mol. The Morgan fingerprint density at radius 1 is 1.20 bits per heavy atom. The first kappa shape index (κ1) is 20.8. The van der Waals surface area contributed by atoms with Crippen molar-refractivity contribution in [2.45, 2.75) is 30.2 Å². The Kier molecular flexibility index (Phi) is 7.75. The molecule has 0 saturated heterocycles. The molecule has 1 aromatic carbocycles. The summed E-state index contributed by atoms with van der Waals surface area (Å²) in [5.41, 5.74) is 1.07. The van der Waals surface area contributed by atoms with Crippen molar-refractivity contribution in [3.05, 3.63) is 29.8 Å². The number of hydrogen-bond acceptors (Lipinski definition) is 5. The Hall–Kier alpha value is -2.23. The van der Waals surface area contributed by atoms with Gasteiger partial charge < -0.3 is 10.1 Å². The monoisotopic (exact) mass is 378 g/mol. The van der Waals surface area contributed by atoms with Crippen LogP contribution >= 0.6 is 11.8 Å². The van der Waals surface area contributed by atoms with Gasteiger partial charge in [-0.2, -0.15) is 13.2 Å². The minimum Gasteiger partial charge on any atom is -0.455 e. The topological polar surface area (TPSA) is 84.5 Å². The molecule has 2 N–H and O–H groups in total. The number of nitrogens with one attached hydrogen (secondary N) is 2. The van der Waals surface area contributed by atoms with Crippen LogP contribution in [0.25, 0.3) is 0 Å². The van der Waals surface area contributed by atoms with Gasteiger partial charge in [0.15, 0.2) is 6.61 Å². The van der Waals surface area contributed by atoms with Crippen molar-refractivity contribution in [1.82, 2.24) is 10.6 Å². The van der Waals surface area contributed by atoms with Gasteiger partial charge in [-0.25, -0.2) is 4.79 Å². The predicted molar refractivity (Wildman–Crippen MR) is 85.1 cm³/mol. The zero-order chi connectivity index (χ0) is 19.0. The lowest BCUT2D eigenvalue weighted by Crippen LogP contribution is -2.44. The molecule has 10 heteroatoms. The van der Waals surface area contributed by atoms with Crippen LogP contribution in [0.15, 0.2) is 29.2 Å². The highest BCUT2D eigenvalue weighted by Gasteiger charge is 2.28. The lowest BCUT2D eigenvalue weighted by molar-refractivity contribution is -0.147. The maximum Gasteiger partial charge on any atom is 0.405 e. The van der Waals surface area contributed by atoms with Gasteiger partial charge in [0, 0.05) is 4.90 Å². The summed E-state index contributed by atoms with van der Waals surface area (Å²) in [6, 6.07) is 6.12. The van der Waals surface area contributed by atoms with Crippen molar-refractivity contribution in [2.24, 2.45) is 0 Å². The molecule has 1 rings (SSSR count). The van der Waals surface area contributed by atoms with E-state index in [-0.39, 0.29) is 0 Å². The normalized spacial score (nSPS) is 12.2. The number of esters is 1. The van der Waals surface area contributed by atoms with Crippen LogP contribution < -0.4 is 10.6 Å². The van der Waals surface area contributed by atoms with Gasteiger partial charge in [-0.3, -0.25) is 14.9 Å². The first-order valence-electron chi connectivity index (χ1n) is 7.11. The van der Waals surface area contributed by atoms with Gasteiger partial charge in [-0.15, -0.1) is 11.8 Å². The lowest BCUT2D eigenvalue weighted by Gasteiger charge is -2.12. The van der Waals surface area contributed by atoms with Gasteiger partial charge in [0.2, 0.25) is 0 Å². The summed E-state index contributed by atoms with van der Waals surface area (Å²) in [5.74, 6) is -1.71. The number of urea groups is 1. The molecule has 3 amide bonds. The molecule has 0 aliphatic carbocycles. The molecule has 0 aromatic heterocycles. The third-order valence-corrected chi connectivity index (χ3v) is 3.80. The van der Waals surface area contributed by atoms with Crippen LogP contribution in [0, 0.1) is 6.92 Å². The second kappa shape index (κ2) is 9.30. The highest BCUT2D eigenvalue weighted by Crippen LogP contribution is 2.24. The number of ether oxygens (including phenoxy) is 1. The summed E-state index contributed by atoms with van der Waals surface area (Å²) >= 11 is 1.23. The lowest BCUT2D eigenvalue weighted by atomic mass is 10.2. The van der Waals surface area contributed by atoms with E-state index in [9.17, 15) is 27.6 Å². The number of amides is 3. The summed E-state index contributed by atoms with van der Waals surface area (Å²) in [6.45, 7) is 1.17. The molecule has 0 unspecified atom stereocenters. The largest absolute Gasteiger partial charge is 0.455 e. The van der Waals surface area contributed by atoms with Crippen LogP contribution in [0.5, 0.6) is 0 Å². The molecule has 1 atom stereocenters. The quantitative estimate of drug-likeness (QED) is 0.587. The molecule has 6 nitrogen and oxygen atoms in total. The summed E-state index contributed by atoms with van der Waals surface area (Å²) < 4.78 is 40.4. The van der Waals surface area contributed by atoms with Crippen molar-refractivity contribution < 1.29 is 32.3 Å². The van der Waals surface area contributed by atoms with E-state index in [0.29, 0.717) is 0 Å². The molecule has 138 valence electrons. The molecular formula is C15H17F3N2O4S. The first-order valence-corrected chi connectivity index (χ1v) is 7.99. The van der Waals surface area contributed by atoms with Crippen LogP contribution in [0.2, 0.25) is 0 Å². The molecule has 25 heavy (non-hydrogen) atoms. The maximum atomic E-state index is 11.9. The molecule has 0 aliphatic rings. The first-order chi connectivity index (χ1) is 11.6. The molecule has 0 fully saturated rings. The van der Waals surface area contributed by atoms with Crippen molar-refractivity contribution in [3.8, 4) is 0 Å². The molecule has 0 bridgehead atoms. The number of hydrogen-bond donors (Lipinski definition) is 2. The van der Waals surface area contributed by atoms with Gasteiger partial charge in [0.05, 0.1) is 0 Å². The minimum atomic E-state index is -4.59. The van der Waals surface area contributed by atoms with Crippen molar-refractivity contribution in [2.75, 3.05) is 13.2 Å². The van der Waals surface area contributed by atoms with Crippen molar-refractivity contribution >= 4 is 29.7 Å². The smallest absolute Gasteiger partial charge is 0.405 e. The van der Waals surface area contributed by atoms with E-state index in [1.165, 1.54) is 17.1 Å². The standard InChI is InChI=1S/C15H17F3N2O4S/c1-9-3-5-11(6-4-9)25-10(2)13(22)24-7-12(21)20-14(23)19-8-15(16,17)18/h3-6,10H,7-8H2,1-2H3,(H2,19,20,21,23)/t10-/m1/s1. The molecular weight excluding hydrogens is 361 g/mol. The molecule has 0 heterocycles. The summed E-state index contributed by atoms with van der Waals surface area (Å²) in [4.78, 5) is 35.1. The number of aryl methyl sites for hydroxylation is 1. The summed E-state index contributed by atoms with van der Waals surface area (Å²) in [7, 11) is 0. The third-order valence-electron chi connectivity index (χ3n) is 2.71. The van der Waals surface area contributed by atoms with Crippen LogP contribution in [0.3, 0.4) is 0 Å². The maximum absolute atomic E-state index is 11.9. The van der Waals surface area contributed by atoms with E-state index < -0.39 is 42.5 Å². The van der Waals surface area contributed by atoms with Crippen LogP contribution in [-0.4, -0.2) is 42.5 Å². The molecule has 0 aliphatic heterocycles. The Labute approximate surface area is 146 Å². The van der Waals surface area contributed by atoms with Gasteiger partial charge in [0.25, 0.3) is 5.91 Å². The molecule has 0 spiro atoms. The van der Waals surface area contributed by atoms with Crippen LogP contribution in [-0.2, 0) is 14.3 Å². The van der Waals surface area contributed by atoms with E-state index in [1.807, 2.05) is 31.2 Å². The summed E-state index contributed by atoms with van der Waals surface area (Å²) in [5, 5.41) is 2.49. The number of benzene rings is 1. The Morgan fingerprint density at radius 2 is 1.80 bits per heavy atom. The van der Waals surface area contributed by atoms with Crippen molar-refractivity contribution in [1.29, 1.82) is 0 Å². The van der Waals surface area contributed by atoms with E-state index in [2.05, 4.69) is 0 Å². The van der Waals surface area contributed by atoms with Crippen LogP contribution in [0.1, 0.15) is 12.5 Å². The third kappa shape index (κ3) is 8.99. The SMILES string of the molecule is Cc1ccc(S[C@H](C)C(=O)OCC(=O)NC(=O)NCC(F)(F)F)cc1. The fourth-order valence-electron chi connectivity index (χ4n) is 1.51. The molecule has 0 saturated carbocycles. The Morgan fingerprint density at radius 3 is 2.36 bits per heavy atom. The van der Waals surface area contributed by atoms with Gasteiger partial charge in [-0.1, -0.05) is 17.7 Å². The second-order valence-electron chi connectivity index (χ2n) is 5.03. The number of halogens is 3. The zero-order valence-electron chi connectivity index (χ0n) is 13.5. The fourth-order valence-corrected chi connectivity index (χ4v) is 2.38. The Balaban J connectivity index is 2.33. The average Bonchev–Trinajstić information content (AvgIpc) is 2.52. The van der Waals surface area contributed by atoms with E-state index in [4.69, 9.17) is 4.74 Å². The number of thioether (sulfide) groups is 1. The predicted octanol–water partition coefficient (Wildman–Crippen LogP) is 2.41. The van der Waals surface area contributed by atoms with E-state index >= 15 is 0 Å². The summed E-state index contributed by atoms with van der Waals surface area (Å²) in [6.07, 6.45) is -4.59. The second-order valence-corrected chi connectivity index (χ2v) is 6.44. The number of alkyl halides is 3. The highest BCUT2D eigenvalue weighted by atomic mass is 32.2. The molecule has 0 radical (unpaired) electrons. The number of carbonyl (C=O) groups is 3. The van der Waals surface area contributed by atoms with Crippen LogP contribution in [0.4, 0.5) is 18.0 Å². The number of imide groups is 1. The minimum absolute atomic E-state index is 0.602. The molecule has 1 aromatic rings. The Bertz CT molecular complexity index is 620. The zero-order valence-corrected chi connectivity index (χ0v) is 14.3.